The number of nitrogens with two attached hydrogens (primary N) is 1. The van der Waals surface area contributed by atoms with Crippen molar-refractivity contribution in [3.8, 4) is 0 Å². The number of aliphatic hydroxyl groups is 24. The molecular formula is C62H107NO43. The summed E-state index contributed by atoms with van der Waals surface area (Å²) < 4.78 is 101. The molecule has 0 spiro atoms. The molecule has 9 rings (SSSR count). The molecular weight excluding hydrogens is 1450 g/mol. The van der Waals surface area contributed by atoms with E-state index in [0.29, 0.717) is 0 Å². The van der Waals surface area contributed by atoms with Crippen LogP contribution in [-0.2, 0) is 85.3 Å². The second kappa shape index (κ2) is 37.4. The maximum absolute atomic E-state index is 12.7. The number of rotatable bonds is 28. The highest BCUT2D eigenvalue weighted by atomic mass is 16.8. The Morgan fingerprint density at radius 1 is 0.387 bits per heavy atom. The Labute approximate surface area is 604 Å². The molecule has 9 aliphatic heterocycles. The lowest BCUT2D eigenvalue weighted by Gasteiger charge is -2.50. The van der Waals surface area contributed by atoms with Crippen molar-refractivity contribution < 1.29 is 213 Å². The maximum atomic E-state index is 12.7. The van der Waals surface area contributed by atoms with Crippen LogP contribution in [0.1, 0.15) is 41.0 Å². The van der Waals surface area contributed by atoms with E-state index >= 15 is 0 Å². The average Bonchev–Trinajstić information content (AvgIpc) is 0.776. The van der Waals surface area contributed by atoms with Crippen LogP contribution in [0.4, 0.5) is 0 Å². The minimum Gasteiger partial charge on any atom is -0.477 e. The van der Waals surface area contributed by atoms with Gasteiger partial charge >= 0.3 is 5.97 Å². The number of hydrogen-bond acceptors (Lipinski definition) is 43. The van der Waals surface area contributed by atoms with Crippen LogP contribution >= 0.6 is 0 Å². The van der Waals surface area contributed by atoms with Crippen molar-refractivity contribution in [2.45, 2.75) is 298 Å². The first-order chi connectivity index (χ1) is 50.1. The standard InChI is InChI=1S/C62H107NO43/c1-16-20(5)92-26(11-68)47(33(16)74)100-55-18(3)34(75)49(28(13-70)96-55)102-58-46(87)51(103-60-53(44(85)39(80)25(10-67)95-60)105-54-17(2)32(73)37(78)23(8-65)93-54)41(82)29(98-58)14-90-59-52(43(84)38(79)24(9-66)94-59)104-56-19(4)35(76)48(27(12-69)97-56)101-57-45(86)42(83)40(81)30(99-57)15-91-62(61(88)89)6-21(71)31(63)50(106-62)36(77)22(72)7-64/h16-60,64-87H,6-15,63H2,1-5H3,(H,88,89)/t16-,17?,18+,19?,20+,21-,22-,23?,24?,25-,26?,27+,28?,29?,30?,31-,32-,33?,34?,35?,36-,37-,38-,39-,40+,41-,42+,43?,44?,45?,46-,47-,48-,49-,50?,51?,52-,53?,54+,55+,56+,57+,58+,59+,60-,62-/m1/s1. The van der Waals surface area contributed by atoms with Crippen LogP contribution in [0, 0.1) is 23.7 Å². The highest BCUT2D eigenvalue weighted by Crippen LogP contribution is 2.42. The average molecular weight is 1550 g/mol. The van der Waals surface area contributed by atoms with Crippen LogP contribution in [0.3, 0.4) is 0 Å². The Hall–Kier alpha value is -2.21. The fraction of sp³-hybridized carbons (Fsp3) is 0.984. The molecule has 9 fully saturated rings. The molecule has 0 aromatic heterocycles. The van der Waals surface area contributed by atoms with Gasteiger partial charge in [-0.3, -0.25) is 0 Å². The lowest BCUT2D eigenvalue weighted by molar-refractivity contribution is -0.399. The molecule has 9 aliphatic rings. The fourth-order valence-corrected chi connectivity index (χ4v) is 14.4. The molecule has 44 heteroatoms. The summed E-state index contributed by atoms with van der Waals surface area (Å²) in [6.07, 6.45) is -74.2. The normalized spacial score (nSPS) is 51.9. The Morgan fingerprint density at radius 3 is 1.24 bits per heavy atom. The van der Waals surface area contributed by atoms with Gasteiger partial charge < -0.3 is 214 Å². The molecule has 106 heavy (non-hydrogen) atoms. The van der Waals surface area contributed by atoms with Gasteiger partial charge in [0, 0.05) is 30.1 Å². The number of ether oxygens (including phenoxy) is 17. The summed E-state index contributed by atoms with van der Waals surface area (Å²) >= 11 is 0. The lowest BCUT2D eigenvalue weighted by Crippen LogP contribution is -2.68. The molecule has 0 aromatic rings. The molecule has 0 bridgehead atoms. The minimum atomic E-state index is -2.92. The third kappa shape index (κ3) is 18.1. The predicted octanol–water partition coefficient (Wildman–Crippen LogP) is -15.3. The van der Waals surface area contributed by atoms with Gasteiger partial charge in [0.05, 0.1) is 102 Å². The minimum absolute atomic E-state index is 0.526. The molecule has 0 aromatic carbocycles. The molecule has 27 N–H and O–H groups in total. The number of carboxylic acid groups (broad SMARTS) is 1. The molecule has 17 unspecified atom stereocenters. The number of carboxylic acids is 1. The van der Waals surface area contributed by atoms with Crippen molar-refractivity contribution in [1.82, 2.24) is 0 Å². The summed E-state index contributed by atoms with van der Waals surface area (Å²) in [7, 11) is 0. The van der Waals surface area contributed by atoms with Gasteiger partial charge in [-0.2, -0.15) is 0 Å². The van der Waals surface area contributed by atoms with Crippen molar-refractivity contribution in [3.63, 3.8) is 0 Å². The highest BCUT2D eigenvalue weighted by molar-refractivity contribution is 5.76. The molecule has 9 saturated heterocycles. The Kier molecular flexibility index (Phi) is 30.9. The van der Waals surface area contributed by atoms with E-state index in [1.54, 1.807) is 13.8 Å². The zero-order valence-corrected chi connectivity index (χ0v) is 58.2. The van der Waals surface area contributed by atoms with Crippen molar-refractivity contribution in [2.75, 3.05) is 59.5 Å². The molecule has 9 heterocycles. The topological polar surface area (TPSA) is 706 Å². The summed E-state index contributed by atoms with van der Waals surface area (Å²) in [6.45, 7) is -1.29. The fourth-order valence-electron chi connectivity index (χ4n) is 14.4. The molecule has 0 amide bonds. The van der Waals surface area contributed by atoms with Crippen LogP contribution in [0.15, 0.2) is 0 Å². The maximum Gasteiger partial charge on any atom is 0.364 e. The first-order valence-corrected chi connectivity index (χ1v) is 35.0. The zero-order valence-electron chi connectivity index (χ0n) is 58.2. The summed E-state index contributed by atoms with van der Waals surface area (Å²) in [6, 6.07) is -1.55. The molecule has 0 saturated carbocycles. The lowest BCUT2D eigenvalue weighted by atomic mass is 9.88. The SMILES string of the molecule is CC1C(O)[C@H](O[C@@H]2OC(CO[C@]3(C(=O)O)C[C@@H](O)[C@@H](N)C([C@H](O)[C@H](O)CO)O3)[C@H](O)[C@H](O)C2O)[C@H](CO)O[C@H]1O[C@@H]1C(O)[C@H](O)C(CO)O[C@@H]1OCC1O[C@@H](O[C@@H]2C(CO)O[C@@H](O[C@@H]3C(CO)O[C@@H](C)[C@@H](C)C3O)[C@@H](C)C2O)[C@H](O)C(O[C@H]2O[C@H](CO)[C@@H](O)C(O)C2O[C@@H]2OC(CO)[C@@H](O)[C@H](O)C2C)[C@@H]1O. The van der Waals surface area contributed by atoms with Crippen LogP contribution in [0.5, 0.6) is 0 Å². The van der Waals surface area contributed by atoms with Gasteiger partial charge in [0.2, 0.25) is 0 Å². The van der Waals surface area contributed by atoms with Gasteiger partial charge in [-0.25, -0.2) is 4.79 Å². The van der Waals surface area contributed by atoms with E-state index in [1.807, 2.05) is 0 Å². The van der Waals surface area contributed by atoms with Crippen molar-refractivity contribution in [3.05, 3.63) is 0 Å². The van der Waals surface area contributed by atoms with E-state index in [4.69, 9.17) is 86.3 Å². The van der Waals surface area contributed by atoms with E-state index in [9.17, 15) is 132 Å². The predicted molar refractivity (Wildman–Crippen MR) is 332 cm³/mol. The van der Waals surface area contributed by atoms with Gasteiger partial charge in [0.1, 0.15) is 165 Å². The summed E-state index contributed by atoms with van der Waals surface area (Å²) in [5.41, 5.74) is 5.95. The molecule has 0 aliphatic carbocycles. The number of hydrogen-bond donors (Lipinski definition) is 26. The second-order valence-electron chi connectivity index (χ2n) is 28.6. The van der Waals surface area contributed by atoms with Gasteiger partial charge in [-0.15, -0.1) is 0 Å². The summed E-state index contributed by atoms with van der Waals surface area (Å²) in [4.78, 5) is 12.7. The van der Waals surface area contributed by atoms with Gasteiger partial charge in [0.25, 0.3) is 5.79 Å². The molecule has 0 radical (unpaired) electrons. The van der Waals surface area contributed by atoms with Crippen LogP contribution < -0.4 is 5.73 Å². The number of aliphatic hydroxyl groups excluding tert-OH is 24. The van der Waals surface area contributed by atoms with Crippen molar-refractivity contribution in [2.24, 2.45) is 29.4 Å². The smallest absolute Gasteiger partial charge is 0.364 e. The molecule has 44 nitrogen and oxygen atoms in total. The quantitative estimate of drug-likeness (QED) is 0.0346. The van der Waals surface area contributed by atoms with E-state index in [2.05, 4.69) is 0 Å². The van der Waals surface area contributed by atoms with E-state index < -0.39 is 353 Å². The van der Waals surface area contributed by atoms with Gasteiger partial charge in [-0.1, -0.05) is 27.7 Å². The molecule has 46 atom stereocenters. The Bertz CT molecular complexity index is 2690. The van der Waals surface area contributed by atoms with Crippen LogP contribution in [0.2, 0.25) is 0 Å². The van der Waals surface area contributed by atoms with Crippen LogP contribution in [0.25, 0.3) is 0 Å². The first kappa shape index (κ1) is 87.8. The summed E-state index contributed by atoms with van der Waals surface area (Å²) in [5, 5.41) is 274. The Balaban J connectivity index is 0.951. The van der Waals surface area contributed by atoms with Gasteiger partial charge in [0.15, 0.2) is 44.0 Å². The highest BCUT2D eigenvalue weighted by Gasteiger charge is 2.61. The number of carbonyl (C=O) groups is 1. The Morgan fingerprint density at radius 2 is 0.755 bits per heavy atom. The van der Waals surface area contributed by atoms with Crippen molar-refractivity contribution >= 4 is 5.97 Å². The third-order valence-electron chi connectivity index (χ3n) is 21.5. The van der Waals surface area contributed by atoms with E-state index in [1.165, 1.54) is 20.8 Å². The van der Waals surface area contributed by atoms with Crippen molar-refractivity contribution in [1.29, 1.82) is 0 Å². The van der Waals surface area contributed by atoms with E-state index in [0.717, 1.165) is 0 Å². The number of aliphatic carboxylic acids is 1. The first-order valence-electron chi connectivity index (χ1n) is 35.0. The van der Waals surface area contributed by atoms with Crippen LogP contribution in [-0.4, -0.2) is 450 Å². The van der Waals surface area contributed by atoms with Gasteiger partial charge in [-0.05, 0) is 6.92 Å². The molecule has 618 valence electrons. The third-order valence-corrected chi connectivity index (χ3v) is 21.5. The zero-order chi connectivity index (χ0) is 78.1. The largest absolute Gasteiger partial charge is 0.477 e. The second-order valence-corrected chi connectivity index (χ2v) is 28.6. The monoisotopic (exact) mass is 1550 g/mol. The van der Waals surface area contributed by atoms with E-state index in [-0.39, 0.29) is 0 Å². The summed E-state index contributed by atoms with van der Waals surface area (Å²) in [5.74, 6) is -9.10.